The minimum Gasteiger partial charge on any atom is -0.486 e. The zero-order chi connectivity index (χ0) is 14.1. The normalized spacial score (nSPS) is 26.6. The largest absolute Gasteiger partial charge is 0.486 e. The van der Waals surface area contributed by atoms with Crippen molar-refractivity contribution in [2.75, 3.05) is 33.4 Å². The molecule has 1 aromatic rings. The molecule has 0 spiro atoms. The minimum absolute atomic E-state index is 0.307. The molecule has 0 saturated carbocycles. The van der Waals surface area contributed by atoms with Crippen LogP contribution in [0.2, 0.25) is 5.02 Å². The number of likely N-dealkylation sites (tertiary alicyclic amines) is 1. The summed E-state index contributed by atoms with van der Waals surface area (Å²) >= 11 is 6.35. The molecule has 0 amide bonds. The van der Waals surface area contributed by atoms with Crippen molar-refractivity contribution in [2.45, 2.75) is 18.9 Å². The molecular formula is C15H21ClN2O2. The van der Waals surface area contributed by atoms with Crippen LogP contribution < -0.4 is 15.2 Å². The van der Waals surface area contributed by atoms with Crippen LogP contribution in [-0.2, 0) is 0 Å². The van der Waals surface area contributed by atoms with Gasteiger partial charge < -0.3 is 15.2 Å². The second-order valence-electron chi connectivity index (χ2n) is 5.59. The highest BCUT2D eigenvalue weighted by atomic mass is 35.5. The fraction of sp³-hybridized carbons (Fsp3) is 0.600. The maximum Gasteiger partial charge on any atom is 0.179 e. The van der Waals surface area contributed by atoms with Gasteiger partial charge in [0.2, 0.25) is 0 Å². The van der Waals surface area contributed by atoms with Crippen molar-refractivity contribution in [3.63, 3.8) is 0 Å². The van der Waals surface area contributed by atoms with Gasteiger partial charge in [-0.2, -0.15) is 0 Å². The van der Waals surface area contributed by atoms with Crippen LogP contribution in [0.15, 0.2) is 12.1 Å². The van der Waals surface area contributed by atoms with Crippen molar-refractivity contribution in [1.29, 1.82) is 0 Å². The Morgan fingerprint density at radius 1 is 1.35 bits per heavy atom. The number of rotatable bonds is 2. The lowest BCUT2D eigenvalue weighted by Crippen LogP contribution is -2.39. The van der Waals surface area contributed by atoms with E-state index in [9.17, 15) is 0 Å². The summed E-state index contributed by atoms with van der Waals surface area (Å²) in [6, 6.07) is 4.38. The first kappa shape index (κ1) is 14.0. The topological polar surface area (TPSA) is 47.7 Å². The third-order valence-electron chi connectivity index (χ3n) is 4.27. The van der Waals surface area contributed by atoms with Crippen molar-refractivity contribution in [3.05, 3.63) is 22.7 Å². The van der Waals surface area contributed by atoms with Gasteiger partial charge in [0, 0.05) is 6.04 Å². The number of hydrogen-bond acceptors (Lipinski definition) is 4. The van der Waals surface area contributed by atoms with Gasteiger partial charge in [0.1, 0.15) is 13.2 Å². The number of nitrogens with two attached hydrogens (primary N) is 1. The van der Waals surface area contributed by atoms with E-state index in [2.05, 4.69) is 18.0 Å². The standard InChI is InChI=1S/C15H21ClN2O2/c1-18-4-2-3-10(9-17)14(18)11-7-12(16)15-13(8-11)19-5-6-20-15/h7-8,10,14H,2-6,9,17H2,1H3. The second-order valence-corrected chi connectivity index (χ2v) is 6.00. The van der Waals surface area contributed by atoms with Crippen molar-refractivity contribution in [3.8, 4) is 11.5 Å². The fourth-order valence-corrected chi connectivity index (χ4v) is 3.61. The number of fused-ring (bicyclic) bond motifs is 1. The monoisotopic (exact) mass is 296 g/mol. The third-order valence-corrected chi connectivity index (χ3v) is 4.55. The average Bonchev–Trinajstić information content (AvgIpc) is 2.46. The van der Waals surface area contributed by atoms with Crippen LogP contribution in [0.25, 0.3) is 0 Å². The summed E-state index contributed by atoms with van der Waals surface area (Å²) in [5, 5.41) is 0.631. The molecule has 0 bridgehead atoms. The summed E-state index contributed by atoms with van der Waals surface area (Å²) in [7, 11) is 2.15. The maximum absolute atomic E-state index is 6.35. The molecule has 0 aromatic heterocycles. The summed E-state index contributed by atoms with van der Waals surface area (Å²) < 4.78 is 11.3. The highest BCUT2D eigenvalue weighted by molar-refractivity contribution is 6.32. The quantitative estimate of drug-likeness (QED) is 0.911. The molecule has 4 nitrogen and oxygen atoms in total. The second kappa shape index (κ2) is 5.80. The van der Waals surface area contributed by atoms with Gasteiger partial charge in [-0.3, -0.25) is 4.90 Å². The van der Waals surface area contributed by atoms with Crippen LogP contribution in [0.5, 0.6) is 11.5 Å². The van der Waals surface area contributed by atoms with Crippen LogP contribution in [-0.4, -0.2) is 38.3 Å². The van der Waals surface area contributed by atoms with Gasteiger partial charge in [-0.25, -0.2) is 0 Å². The smallest absolute Gasteiger partial charge is 0.179 e. The Kier molecular flexibility index (Phi) is 4.06. The molecule has 2 heterocycles. The van der Waals surface area contributed by atoms with Crippen LogP contribution in [0.3, 0.4) is 0 Å². The lowest BCUT2D eigenvalue weighted by molar-refractivity contribution is 0.124. The van der Waals surface area contributed by atoms with Crippen molar-refractivity contribution >= 4 is 11.6 Å². The zero-order valence-electron chi connectivity index (χ0n) is 11.8. The molecule has 5 heteroatoms. The van der Waals surface area contributed by atoms with Crippen LogP contribution in [0.1, 0.15) is 24.4 Å². The number of halogens is 1. The zero-order valence-corrected chi connectivity index (χ0v) is 12.5. The molecule has 1 saturated heterocycles. The van der Waals surface area contributed by atoms with E-state index >= 15 is 0 Å². The Morgan fingerprint density at radius 3 is 2.95 bits per heavy atom. The van der Waals surface area contributed by atoms with E-state index in [0.29, 0.717) is 42.5 Å². The Bertz CT molecular complexity index is 495. The molecular weight excluding hydrogens is 276 g/mol. The number of hydrogen-bond donors (Lipinski definition) is 1. The van der Waals surface area contributed by atoms with Crippen LogP contribution in [0.4, 0.5) is 0 Å². The number of piperidine rings is 1. The molecule has 0 radical (unpaired) electrons. The molecule has 2 N–H and O–H groups in total. The van der Waals surface area contributed by atoms with Gasteiger partial charge in [-0.05, 0) is 56.6 Å². The van der Waals surface area contributed by atoms with E-state index in [4.69, 9.17) is 26.8 Å². The Balaban J connectivity index is 1.98. The highest BCUT2D eigenvalue weighted by Crippen LogP contribution is 2.43. The highest BCUT2D eigenvalue weighted by Gasteiger charge is 2.31. The van der Waals surface area contributed by atoms with E-state index in [1.54, 1.807) is 0 Å². The molecule has 1 fully saturated rings. The first-order valence-electron chi connectivity index (χ1n) is 7.20. The van der Waals surface area contributed by atoms with Crippen molar-refractivity contribution in [2.24, 2.45) is 11.7 Å². The molecule has 2 aliphatic heterocycles. The van der Waals surface area contributed by atoms with Crippen LogP contribution >= 0.6 is 11.6 Å². The SMILES string of the molecule is CN1CCCC(CN)C1c1cc(Cl)c2c(c1)OCCO2. The average molecular weight is 297 g/mol. The summed E-state index contributed by atoms with van der Waals surface area (Å²) in [4.78, 5) is 2.36. The van der Waals surface area contributed by atoms with Gasteiger partial charge in [0.15, 0.2) is 11.5 Å². The molecule has 2 unspecified atom stereocenters. The van der Waals surface area contributed by atoms with E-state index in [1.807, 2.05) is 6.07 Å². The lowest BCUT2D eigenvalue weighted by atomic mass is 9.85. The van der Waals surface area contributed by atoms with Gasteiger partial charge in [-0.1, -0.05) is 11.6 Å². The van der Waals surface area contributed by atoms with Crippen molar-refractivity contribution < 1.29 is 9.47 Å². The first-order chi connectivity index (χ1) is 9.70. The minimum atomic E-state index is 0.307. The summed E-state index contributed by atoms with van der Waals surface area (Å²) in [6.45, 7) is 2.92. The van der Waals surface area contributed by atoms with E-state index in [0.717, 1.165) is 18.7 Å². The lowest BCUT2D eigenvalue weighted by Gasteiger charge is -2.39. The fourth-order valence-electron chi connectivity index (χ4n) is 3.33. The predicted octanol–water partition coefficient (Wildman–Crippen LogP) is 2.45. The Hall–Kier alpha value is -0.970. The van der Waals surface area contributed by atoms with Gasteiger partial charge in [0.05, 0.1) is 5.02 Å². The molecule has 3 rings (SSSR count). The number of benzene rings is 1. The summed E-state index contributed by atoms with van der Waals surface area (Å²) in [5.74, 6) is 1.89. The number of ether oxygens (including phenoxy) is 2. The molecule has 1 aromatic carbocycles. The molecule has 2 atom stereocenters. The first-order valence-corrected chi connectivity index (χ1v) is 7.58. The molecule has 20 heavy (non-hydrogen) atoms. The summed E-state index contributed by atoms with van der Waals surface area (Å²) in [5.41, 5.74) is 7.13. The molecule has 2 aliphatic rings. The van der Waals surface area contributed by atoms with Crippen LogP contribution in [0, 0.1) is 5.92 Å². The molecule has 110 valence electrons. The number of nitrogens with zero attached hydrogens (tertiary/aromatic N) is 1. The van der Waals surface area contributed by atoms with Crippen molar-refractivity contribution in [1.82, 2.24) is 4.90 Å². The maximum atomic E-state index is 6.35. The molecule has 0 aliphatic carbocycles. The third kappa shape index (κ3) is 2.48. The van der Waals surface area contributed by atoms with E-state index in [-0.39, 0.29) is 0 Å². The van der Waals surface area contributed by atoms with Gasteiger partial charge >= 0.3 is 0 Å². The van der Waals surface area contributed by atoms with Gasteiger partial charge in [0.25, 0.3) is 0 Å². The van der Waals surface area contributed by atoms with Gasteiger partial charge in [-0.15, -0.1) is 0 Å². The van der Waals surface area contributed by atoms with E-state index in [1.165, 1.54) is 12.0 Å². The van der Waals surface area contributed by atoms with E-state index < -0.39 is 0 Å². The summed E-state index contributed by atoms with van der Waals surface area (Å²) in [6.07, 6.45) is 2.37. The Morgan fingerprint density at radius 2 is 2.15 bits per heavy atom. The predicted molar refractivity (Wildman–Crippen MR) is 79.6 cm³/mol. The Labute approximate surface area is 124 Å².